The Balaban J connectivity index is 1.53. The van der Waals surface area contributed by atoms with Crippen molar-refractivity contribution in [2.75, 3.05) is 5.75 Å². The molecule has 1 unspecified atom stereocenters. The molecule has 164 valence electrons. The number of alkyl halides is 1. The van der Waals surface area contributed by atoms with Crippen LogP contribution in [0, 0.1) is 16.7 Å². The first-order valence-corrected chi connectivity index (χ1v) is 12.5. The molecule has 2 saturated carbocycles. The molecular formula is C22H29ClN2O4S. The first kappa shape index (κ1) is 21.8. The molecule has 1 spiro atoms. The molecule has 0 radical (unpaired) electrons. The van der Waals surface area contributed by atoms with E-state index in [0.717, 1.165) is 29.1 Å². The number of carbonyl (C=O) groups excluding carboxylic acids is 2. The molecule has 1 saturated heterocycles. The van der Waals surface area contributed by atoms with Gasteiger partial charge in [0.05, 0.1) is 23.2 Å². The van der Waals surface area contributed by atoms with E-state index in [1.807, 2.05) is 0 Å². The number of fused-ring (bicyclic) bond motifs is 1. The molecule has 3 fully saturated rings. The van der Waals surface area contributed by atoms with Crippen LogP contribution in [0.2, 0.25) is 0 Å². The highest BCUT2D eigenvalue weighted by Crippen LogP contribution is 2.70. The third kappa shape index (κ3) is 3.04. The first-order chi connectivity index (χ1) is 13.9. The molecule has 2 N–H and O–H groups in total. The Kier molecular flexibility index (Phi) is 5.11. The smallest absolute Gasteiger partial charge is 0.253 e. The van der Waals surface area contributed by atoms with Crippen LogP contribution in [0.1, 0.15) is 56.0 Å². The van der Waals surface area contributed by atoms with Crippen molar-refractivity contribution in [3.8, 4) is 0 Å². The van der Waals surface area contributed by atoms with Crippen molar-refractivity contribution in [2.45, 2.75) is 63.9 Å². The summed E-state index contributed by atoms with van der Waals surface area (Å²) < 4.78 is 27.2. The van der Waals surface area contributed by atoms with Gasteiger partial charge in [0.15, 0.2) is 5.78 Å². The molecule has 2 aliphatic carbocycles. The molecule has 3 aliphatic rings. The SMILES string of the molecule is CC(Cl)C(=O)c1ccc(C[C@H](N)C(=O)N2[C@@H]3C[C@H]4CC[C@]3(CS2(=O)=O)C4(C)C)cc1. The van der Waals surface area contributed by atoms with Crippen molar-refractivity contribution in [3.63, 3.8) is 0 Å². The van der Waals surface area contributed by atoms with Gasteiger partial charge in [0.1, 0.15) is 0 Å². The maximum Gasteiger partial charge on any atom is 0.253 e. The molecule has 8 heteroatoms. The Morgan fingerprint density at radius 1 is 1.27 bits per heavy atom. The lowest BCUT2D eigenvalue weighted by molar-refractivity contribution is -0.130. The van der Waals surface area contributed by atoms with E-state index in [1.54, 1.807) is 31.2 Å². The predicted molar refractivity (Wildman–Crippen MR) is 116 cm³/mol. The standard InChI is InChI=1S/C22H29ClN2O4S/c1-13(23)19(26)15-6-4-14(5-7-15)10-17(24)20(27)25-18-11-16-8-9-22(18,21(16,2)3)12-30(25,28)29/h4-7,13,16-18H,8-12,24H2,1-3H3/t13?,16-,17+,18-,22-/m1/s1. The van der Waals surface area contributed by atoms with E-state index in [-0.39, 0.29) is 34.8 Å². The zero-order valence-corrected chi connectivity index (χ0v) is 19.2. The van der Waals surface area contributed by atoms with Crippen molar-refractivity contribution in [2.24, 2.45) is 22.5 Å². The Morgan fingerprint density at radius 2 is 1.90 bits per heavy atom. The van der Waals surface area contributed by atoms with Gasteiger partial charge in [0.2, 0.25) is 10.0 Å². The van der Waals surface area contributed by atoms with Crippen LogP contribution < -0.4 is 5.73 Å². The van der Waals surface area contributed by atoms with Gasteiger partial charge in [-0.25, -0.2) is 12.7 Å². The van der Waals surface area contributed by atoms with E-state index in [1.165, 1.54) is 0 Å². The number of carbonyl (C=O) groups is 2. The lowest BCUT2D eigenvalue weighted by Gasteiger charge is -2.37. The van der Waals surface area contributed by atoms with Gasteiger partial charge in [-0.15, -0.1) is 11.6 Å². The number of Topliss-reactive ketones (excluding diaryl/α,β-unsaturated/α-hetero) is 1. The quantitative estimate of drug-likeness (QED) is 0.547. The zero-order valence-electron chi connectivity index (χ0n) is 17.6. The fourth-order valence-electron chi connectivity index (χ4n) is 6.12. The third-order valence-electron chi connectivity index (χ3n) is 8.00. The molecule has 1 amide bonds. The number of nitrogens with two attached hydrogens (primary N) is 1. The minimum absolute atomic E-state index is 0.0417. The number of hydrogen-bond donors (Lipinski definition) is 1. The molecule has 1 heterocycles. The van der Waals surface area contributed by atoms with Gasteiger partial charge < -0.3 is 5.73 Å². The zero-order chi connectivity index (χ0) is 22.1. The molecule has 2 bridgehead atoms. The molecule has 6 nitrogen and oxygen atoms in total. The van der Waals surface area contributed by atoms with Crippen molar-refractivity contribution in [1.82, 2.24) is 4.31 Å². The second-order valence-electron chi connectivity index (χ2n) is 9.74. The summed E-state index contributed by atoms with van der Waals surface area (Å²) in [5.74, 6) is -0.204. The van der Waals surface area contributed by atoms with Crippen molar-refractivity contribution >= 4 is 33.3 Å². The number of amides is 1. The maximum absolute atomic E-state index is 13.2. The van der Waals surface area contributed by atoms with Gasteiger partial charge in [-0.2, -0.15) is 0 Å². The number of hydrogen-bond acceptors (Lipinski definition) is 5. The molecule has 1 aliphatic heterocycles. The van der Waals surface area contributed by atoms with E-state index in [2.05, 4.69) is 13.8 Å². The summed E-state index contributed by atoms with van der Waals surface area (Å²) in [6, 6.07) is 5.56. The minimum atomic E-state index is -3.68. The van der Waals surface area contributed by atoms with E-state index >= 15 is 0 Å². The normalized spacial score (nSPS) is 32.6. The third-order valence-corrected chi connectivity index (χ3v) is 10.1. The summed E-state index contributed by atoms with van der Waals surface area (Å²) in [5.41, 5.74) is 7.02. The highest BCUT2D eigenvalue weighted by atomic mass is 35.5. The molecule has 1 aromatic carbocycles. The highest BCUT2D eigenvalue weighted by Gasteiger charge is 2.72. The molecule has 0 aromatic heterocycles. The number of ketones is 1. The summed E-state index contributed by atoms with van der Waals surface area (Å²) in [7, 11) is -3.68. The van der Waals surface area contributed by atoms with Gasteiger partial charge in [-0.1, -0.05) is 38.1 Å². The van der Waals surface area contributed by atoms with Crippen LogP contribution in [-0.4, -0.2) is 47.6 Å². The van der Waals surface area contributed by atoms with Crippen LogP contribution in [0.4, 0.5) is 0 Å². The Labute approximate surface area is 183 Å². The first-order valence-electron chi connectivity index (χ1n) is 10.5. The highest BCUT2D eigenvalue weighted by molar-refractivity contribution is 7.90. The monoisotopic (exact) mass is 452 g/mol. The summed E-state index contributed by atoms with van der Waals surface area (Å²) in [5, 5.41) is -0.613. The van der Waals surface area contributed by atoms with Gasteiger partial charge in [0.25, 0.3) is 5.91 Å². The minimum Gasteiger partial charge on any atom is -0.320 e. The number of halogens is 1. The van der Waals surface area contributed by atoms with Crippen LogP contribution in [0.3, 0.4) is 0 Å². The number of rotatable bonds is 5. The summed E-state index contributed by atoms with van der Waals surface area (Å²) >= 11 is 5.84. The number of benzene rings is 1. The Hall–Kier alpha value is -1.44. The topological polar surface area (TPSA) is 97.5 Å². The average Bonchev–Trinajstić information content (AvgIpc) is 3.15. The largest absolute Gasteiger partial charge is 0.320 e. The van der Waals surface area contributed by atoms with Crippen LogP contribution in [-0.2, 0) is 21.2 Å². The Bertz CT molecular complexity index is 989. The fourth-order valence-corrected chi connectivity index (χ4v) is 8.83. The number of nitrogens with zero attached hydrogens (tertiary/aromatic N) is 1. The van der Waals surface area contributed by atoms with Crippen molar-refractivity contribution < 1.29 is 18.0 Å². The van der Waals surface area contributed by atoms with Gasteiger partial charge in [-0.3, -0.25) is 9.59 Å². The lowest BCUT2D eigenvalue weighted by atomic mass is 9.69. The van der Waals surface area contributed by atoms with Crippen LogP contribution in [0.25, 0.3) is 0 Å². The lowest BCUT2D eigenvalue weighted by Crippen LogP contribution is -2.50. The van der Waals surface area contributed by atoms with E-state index in [4.69, 9.17) is 17.3 Å². The van der Waals surface area contributed by atoms with Crippen LogP contribution in [0.15, 0.2) is 24.3 Å². The van der Waals surface area contributed by atoms with Gasteiger partial charge in [0, 0.05) is 11.0 Å². The summed E-state index contributed by atoms with van der Waals surface area (Å²) in [6.07, 6.45) is 2.82. The van der Waals surface area contributed by atoms with Crippen molar-refractivity contribution in [1.29, 1.82) is 0 Å². The summed E-state index contributed by atoms with van der Waals surface area (Å²) in [6.45, 7) is 5.92. The van der Waals surface area contributed by atoms with E-state index < -0.39 is 27.3 Å². The second kappa shape index (κ2) is 7.04. The van der Waals surface area contributed by atoms with Crippen molar-refractivity contribution in [3.05, 3.63) is 35.4 Å². The van der Waals surface area contributed by atoms with Gasteiger partial charge in [-0.05, 0) is 49.5 Å². The molecular weight excluding hydrogens is 424 g/mol. The Morgan fingerprint density at radius 3 is 2.47 bits per heavy atom. The average molecular weight is 453 g/mol. The number of sulfonamides is 1. The predicted octanol–water partition coefficient (Wildman–Crippen LogP) is 2.73. The second-order valence-corrected chi connectivity index (χ2v) is 12.2. The van der Waals surface area contributed by atoms with Crippen LogP contribution >= 0.6 is 11.6 Å². The molecule has 30 heavy (non-hydrogen) atoms. The maximum atomic E-state index is 13.2. The molecule has 5 atom stereocenters. The van der Waals surface area contributed by atoms with E-state index in [9.17, 15) is 18.0 Å². The van der Waals surface area contributed by atoms with Crippen LogP contribution in [0.5, 0.6) is 0 Å². The summed E-state index contributed by atoms with van der Waals surface area (Å²) in [4.78, 5) is 25.2. The van der Waals surface area contributed by atoms with E-state index in [0.29, 0.717) is 11.5 Å². The molecule has 4 rings (SSSR count). The fraction of sp³-hybridized carbons (Fsp3) is 0.636. The molecule has 1 aromatic rings. The van der Waals surface area contributed by atoms with Gasteiger partial charge >= 0.3 is 0 Å².